The van der Waals surface area contributed by atoms with Crippen LogP contribution in [-0.4, -0.2) is 56.3 Å². The van der Waals surface area contributed by atoms with Crippen LogP contribution in [-0.2, 0) is 21.7 Å². The Balaban J connectivity index is 1.62. The van der Waals surface area contributed by atoms with E-state index in [4.69, 9.17) is 28.2 Å². The number of halogens is 1. The van der Waals surface area contributed by atoms with Crippen molar-refractivity contribution in [3.05, 3.63) is 83.0 Å². The van der Waals surface area contributed by atoms with Gasteiger partial charge in [-0.15, -0.1) is 0 Å². The molecular formula is C25H21ClN4O3S2. The van der Waals surface area contributed by atoms with Gasteiger partial charge in [0.05, 0.1) is 12.8 Å². The number of thiocarbonyl (C=S) groups is 1. The van der Waals surface area contributed by atoms with Crippen LogP contribution in [0, 0.1) is 0 Å². The molecule has 0 radical (unpaired) electrons. The van der Waals surface area contributed by atoms with E-state index in [1.807, 2.05) is 42.3 Å². The van der Waals surface area contributed by atoms with Gasteiger partial charge in [-0.05, 0) is 49.0 Å². The highest BCUT2D eigenvalue weighted by Gasteiger charge is 2.78. The van der Waals surface area contributed by atoms with Crippen LogP contribution in [0.4, 0.5) is 5.69 Å². The third kappa shape index (κ3) is 2.83. The van der Waals surface area contributed by atoms with E-state index in [0.717, 1.165) is 16.8 Å². The number of amides is 2. The van der Waals surface area contributed by atoms with E-state index in [2.05, 4.69) is 4.98 Å². The summed E-state index contributed by atoms with van der Waals surface area (Å²) in [5, 5.41) is 0.505. The summed E-state index contributed by atoms with van der Waals surface area (Å²) < 4.78 is 4.69. The third-order valence-corrected chi connectivity index (χ3v) is 9.57. The molecule has 2 aromatic heterocycles. The normalized spacial score (nSPS) is 28.2. The molecule has 2 fully saturated rings. The lowest BCUT2D eigenvalue weighted by atomic mass is 9.72. The minimum Gasteiger partial charge on any atom is -0.467 e. The number of likely N-dealkylation sites (tertiary alicyclic amines) is 1. The van der Waals surface area contributed by atoms with Crippen LogP contribution in [0.25, 0.3) is 0 Å². The van der Waals surface area contributed by atoms with Crippen molar-refractivity contribution in [1.82, 2.24) is 14.8 Å². The number of pyridine rings is 1. The quantitative estimate of drug-likeness (QED) is 0.479. The number of likely N-dealkylation sites (N-methyl/N-ethyl adjacent to an activating group) is 2. The summed E-state index contributed by atoms with van der Waals surface area (Å²) >= 11 is 13.6. The van der Waals surface area contributed by atoms with Crippen LogP contribution in [0.2, 0.25) is 5.02 Å². The fourth-order valence-electron chi connectivity index (χ4n) is 5.95. The minimum atomic E-state index is -1.30. The van der Waals surface area contributed by atoms with Gasteiger partial charge in [-0.2, -0.15) is 0 Å². The molecular weight excluding hydrogens is 504 g/mol. The summed E-state index contributed by atoms with van der Waals surface area (Å²) in [6.45, 7) is 0.665. The summed E-state index contributed by atoms with van der Waals surface area (Å²) in [6.07, 6.45) is 5.04. The molecule has 6 rings (SSSR count). The molecule has 1 aromatic carbocycles. The van der Waals surface area contributed by atoms with Gasteiger partial charge in [0.25, 0.3) is 5.91 Å². The molecule has 2 amide bonds. The lowest BCUT2D eigenvalue weighted by Crippen LogP contribution is -2.62. The predicted molar refractivity (Wildman–Crippen MR) is 138 cm³/mol. The van der Waals surface area contributed by atoms with Crippen LogP contribution in [0.1, 0.15) is 22.8 Å². The first kappa shape index (κ1) is 22.7. The molecule has 0 unspecified atom stereocenters. The molecule has 3 aliphatic rings. The van der Waals surface area contributed by atoms with Crippen LogP contribution < -0.4 is 4.90 Å². The molecule has 3 aliphatic heterocycles. The molecule has 0 N–H and O–H groups in total. The molecule has 2 saturated heterocycles. The van der Waals surface area contributed by atoms with Crippen molar-refractivity contribution >= 4 is 57.4 Å². The first-order chi connectivity index (χ1) is 16.8. The maximum Gasteiger partial charge on any atom is 0.254 e. The number of furan rings is 1. The van der Waals surface area contributed by atoms with Crippen molar-refractivity contribution in [1.29, 1.82) is 0 Å². The molecule has 2 spiro atoms. The van der Waals surface area contributed by atoms with Crippen molar-refractivity contribution in [2.75, 3.05) is 25.5 Å². The van der Waals surface area contributed by atoms with Gasteiger partial charge in [0, 0.05) is 48.2 Å². The number of hydrogen-bond donors (Lipinski definition) is 0. The predicted octanol–water partition coefficient (Wildman–Crippen LogP) is 4.03. The van der Waals surface area contributed by atoms with Gasteiger partial charge >= 0.3 is 0 Å². The van der Waals surface area contributed by atoms with Crippen molar-refractivity contribution in [2.24, 2.45) is 0 Å². The standard InChI is InChI=1S/C25H21ClN4O3S2/c1-28-14-19(15-5-3-9-27-12-15)25(22(32)30(23(34)35-25)13-17-6-4-10-33-17)24(28)18-11-16(26)7-8-20(18)29(2)21(24)31/h3-12,19H,13-14H2,1-2H3/t19-,24+,25-/m0/s1. The highest BCUT2D eigenvalue weighted by molar-refractivity contribution is 8.25. The zero-order chi connectivity index (χ0) is 24.5. The molecule has 5 heterocycles. The maximum atomic E-state index is 14.6. The number of carbonyl (C=O) groups excluding carboxylic acids is 2. The fraction of sp³-hybridized carbons (Fsp3) is 0.280. The number of carbonyl (C=O) groups is 2. The monoisotopic (exact) mass is 524 g/mol. The van der Waals surface area contributed by atoms with Gasteiger partial charge < -0.3 is 9.32 Å². The smallest absolute Gasteiger partial charge is 0.254 e. The number of anilines is 1. The number of benzene rings is 1. The molecule has 3 aromatic rings. The van der Waals surface area contributed by atoms with Crippen LogP contribution in [0.5, 0.6) is 0 Å². The van der Waals surface area contributed by atoms with Gasteiger partial charge in [-0.3, -0.25) is 24.4 Å². The zero-order valence-corrected chi connectivity index (χ0v) is 21.4. The average molecular weight is 525 g/mol. The Bertz CT molecular complexity index is 1370. The number of thioether (sulfide) groups is 1. The Hall–Kier alpha value is -2.72. The van der Waals surface area contributed by atoms with E-state index < -0.39 is 10.3 Å². The summed E-state index contributed by atoms with van der Waals surface area (Å²) in [7, 11) is 3.64. The van der Waals surface area contributed by atoms with Crippen molar-refractivity contribution in [3.63, 3.8) is 0 Å². The topological polar surface area (TPSA) is 69.9 Å². The second kappa shape index (κ2) is 7.89. The molecule has 0 aliphatic carbocycles. The lowest BCUT2D eigenvalue weighted by Gasteiger charge is -2.42. The lowest BCUT2D eigenvalue weighted by molar-refractivity contribution is -0.139. The number of hydrogen-bond acceptors (Lipinski definition) is 7. The van der Waals surface area contributed by atoms with E-state index in [0.29, 0.717) is 21.6 Å². The fourth-order valence-corrected chi connectivity index (χ4v) is 8.24. The third-order valence-electron chi connectivity index (χ3n) is 7.39. The molecule has 10 heteroatoms. The van der Waals surface area contributed by atoms with Crippen LogP contribution in [0.15, 0.2) is 65.5 Å². The Morgan fingerprint density at radius 1 is 1.20 bits per heavy atom. The summed E-state index contributed by atoms with van der Waals surface area (Å²) in [6, 6.07) is 12.8. The SMILES string of the molecule is CN1C(=O)[C@@]2(c3cc(Cl)ccc31)N(C)C[C@@H](c1cccnc1)[C@@]21SC(=S)N(Cc2ccco2)C1=O. The molecule has 178 valence electrons. The van der Waals surface area contributed by atoms with Gasteiger partial charge in [0.2, 0.25) is 5.91 Å². The van der Waals surface area contributed by atoms with Gasteiger partial charge in [-0.1, -0.05) is 41.6 Å². The number of nitrogens with zero attached hydrogens (tertiary/aromatic N) is 4. The number of rotatable bonds is 3. The van der Waals surface area contributed by atoms with Gasteiger partial charge in [-0.25, -0.2) is 0 Å². The summed E-state index contributed by atoms with van der Waals surface area (Å²) in [5.41, 5.74) is 1.04. The van der Waals surface area contributed by atoms with Gasteiger partial charge in [0.1, 0.15) is 14.8 Å². The first-order valence-electron chi connectivity index (χ1n) is 11.1. The molecule has 7 nitrogen and oxygen atoms in total. The largest absolute Gasteiger partial charge is 0.467 e. The van der Waals surface area contributed by atoms with Crippen molar-refractivity contribution in [2.45, 2.75) is 22.7 Å². The second-order valence-corrected chi connectivity index (χ2v) is 11.3. The average Bonchev–Trinajstić information content (AvgIpc) is 3.57. The zero-order valence-electron chi connectivity index (χ0n) is 19.0. The Morgan fingerprint density at radius 2 is 2.03 bits per heavy atom. The van der Waals surface area contributed by atoms with Crippen LogP contribution >= 0.6 is 35.6 Å². The second-order valence-electron chi connectivity index (χ2n) is 9.03. The molecule has 0 saturated carbocycles. The van der Waals surface area contributed by atoms with Crippen molar-refractivity contribution in [3.8, 4) is 0 Å². The number of fused-ring (bicyclic) bond motifs is 3. The Morgan fingerprint density at radius 3 is 2.74 bits per heavy atom. The van der Waals surface area contributed by atoms with E-state index in [1.165, 1.54) is 11.8 Å². The van der Waals surface area contributed by atoms with E-state index in [9.17, 15) is 9.59 Å². The van der Waals surface area contributed by atoms with E-state index in [-0.39, 0.29) is 24.3 Å². The minimum absolute atomic E-state index is 0.174. The van der Waals surface area contributed by atoms with Crippen molar-refractivity contribution < 1.29 is 14.0 Å². The molecule has 0 bridgehead atoms. The van der Waals surface area contributed by atoms with Crippen LogP contribution in [0.3, 0.4) is 0 Å². The van der Waals surface area contributed by atoms with E-state index in [1.54, 1.807) is 47.6 Å². The van der Waals surface area contributed by atoms with Gasteiger partial charge in [0.15, 0.2) is 5.54 Å². The summed E-state index contributed by atoms with van der Waals surface area (Å²) in [5.74, 6) is -0.112. The summed E-state index contributed by atoms with van der Waals surface area (Å²) in [4.78, 5) is 38.4. The molecule has 3 atom stereocenters. The highest BCUT2D eigenvalue weighted by Crippen LogP contribution is 2.66. The maximum absolute atomic E-state index is 14.6. The highest BCUT2D eigenvalue weighted by atomic mass is 35.5. The molecule has 35 heavy (non-hydrogen) atoms. The Labute approximate surface area is 217 Å². The van der Waals surface area contributed by atoms with E-state index >= 15 is 0 Å². The first-order valence-corrected chi connectivity index (χ1v) is 12.7. The Kier molecular flexibility index (Phi) is 5.12. The number of aromatic nitrogens is 1.